The van der Waals surface area contributed by atoms with Gasteiger partial charge in [0.15, 0.2) is 0 Å². The van der Waals surface area contributed by atoms with Gasteiger partial charge in [-0.2, -0.15) is 0 Å². The third-order valence-corrected chi connectivity index (χ3v) is 0.703. The molecule has 0 amide bonds. The van der Waals surface area contributed by atoms with E-state index >= 15 is 0 Å². The predicted octanol–water partition coefficient (Wildman–Crippen LogP) is 7.05. The lowest BCUT2D eigenvalue weighted by Gasteiger charge is -1.80. The molecule has 0 aliphatic rings. The van der Waals surface area contributed by atoms with Crippen molar-refractivity contribution in [3.05, 3.63) is 37.0 Å². The van der Waals surface area contributed by atoms with Gasteiger partial charge in [0, 0.05) is 0 Å². The smallest absolute Gasteiger partial charge is 0.0398 e. The largest absolute Gasteiger partial charge is 0.0991 e. The molecule has 0 radical (unpaired) electrons. The van der Waals surface area contributed by atoms with E-state index in [0.717, 1.165) is 11.5 Å². The Labute approximate surface area is 113 Å². The molecule has 0 heterocycles. The van der Waals surface area contributed by atoms with Crippen molar-refractivity contribution >= 4 is 0 Å². The van der Waals surface area contributed by atoms with Crippen molar-refractivity contribution in [3.63, 3.8) is 0 Å². The Morgan fingerprint density at radius 1 is 0.824 bits per heavy atom. The van der Waals surface area contributed by atoms with Crippen LogP contribution in [0, 0.1) is 5.92 Å². The molecule has 0 nitrogen and oxygen atoms in total. The summed E-state index contributed by atoms with van der Waals surface area (Å²) in [6.45, 7) is 27.6. The lowest BCUT2D eigenvalue weighted by Crippen LogP contribution is -1.66. The van der Waals surface area contributed by atoms with Gasteiger partial charge in [-0.05, 0) is 12.8 Å². The van der Waals surface area contributed by atoms with Crippen LogP contribution in [0.15, 0.2) is 37.0 Å². The van der Waals surface area contributed by atoms with Gasteiger partial charge in [0.05, 0.1) is 0 Å². The maximum absolute atomic E-state index is 3.56. The molecule has 0 aromatic heterocycles. The average molecular weight is 242 g/mol. The molecule has 0 aliphatic carbocycles. The van der Waals surface area contributed by atoms with E-state index in [0.29, 0.717) is 0 Å². The first-order valence-corrected chi connectivity index (χ1v) is 6.96. The van der Waals surface area contributed by atoms with Crippen LogP contribution >= 0.6 is 0 Å². The Bertz CT molecular complexity index is 124. The second-order valence-corrected chi connectivity index (χ2v) is 3.08. The van der Waals surface area contributed by atoms with E-state index in [-0.39, 0.29) is 0 Å². The molecule has 0 N–H and O–H groups in total. The predicted molar refractivity (Wildman–Crippen MR) is 88.7 cm³/mol. The van der Waals surface area contributed by atoms with Crippen molar-refractivity contribution in [2.45, 2.75) is 69.2 Å². The van der Waals surface area contributed by atoms with Gasteiger partial charge in [-0.1, -0.05) is 99.3 Å². The second kappa shape index (κ2) is 45.5. The maximum atomic E-state index is 3.56. The number of hydrogen-bond donors (Lipinski definition) is 0. The van der Waals surface area contributed by atoms with Gasteiger partial charge in [-0.25, -0.2) is 0 Å². The summed E-state index contributed by atoms with van der Waals surface area (Å²) in [5.41, 5.74) is 1.15. The van der Waals surface area contributed by atoms with Crippen LogP contribution in [-0.4, -0.2) is 0 Å². The van der Waals surface area contributed by atoms with Gasteiger partial charge >= 0.3 is 0 Å². The molecule has 0 aliphatic heterocycles. The Morgan fingerprint density at radius 3 is 1.12 bits per heavy atom. The summed E-state index contributed by atoms with van der Waals surface area (Å²) >= 11 is 0. The van der Waals surface area contributed by atoms with E-state index in [4.69, 9.17) is 0 Å². The summed E-state index contributed by atoms with van der Waals surface area (Å²) in [6.07, 6.45) is 5.45. The molecule has 0 saturated carbocycles. The van der Waals surface area contributed by atoms with E-state index in [1.165, 1.54) is 0 Å². The molecule has 0 spiro atoms. The molecule has 0 unspecified atom stereocenters. The van der Waals surface area contributed by atoms with Crippen LogP contribution < -0.4 is 0 Å². The second-order valence-electron chi connectivity index (χ2n) is 3.08. The van der Waals surface area contributed by atoms with Crippen molar-refractivity contribution in [1.82, 2.24) is 0 Å². The van der Waals surface area contributed by atoms with Crippen molar-refractivity contribution in [1.29, 1.82) is 0 Å². The van der Waals surface area contributed by atoms with Gasteiger partial charge in [0.1, 0.15) is 0 Å². The van der Waals surface area contributed by atoms with Gasteiger partial charge in [-0.15, -0.1) is 0 Å². The molecule has 0 fully saturated rings. The van der Waals surface area contributed by atoms with E-state index < -0.39 is 0 Å². The zero-order chi connectivity index (χ0) is 15.3. The van der Waals surface area contributed by atoms with Crippen molar-refractivity contribution in [2.75, 3.05) is 0 Å². The molecule has 0 rings (SSSR count). The Hall–Kier alpha value is -0.780. The highest BCUT2D eigenvalue weighted by Crippen LogP contribution is 1.90. The molecule has 0 aromatic rings. The molecule has 0 heteroatoms. The molecule has 17 heavy (non-hydrogen) atoms. The van der Waals surface area contributed by atoms with Crippen LogP contribution in [0.25, 0.3) is 0 Å². The van der Waals surface area contributed by atoms with Crippen molar-refractivity contribution in [2.24, 2.45) is 5.92 Å². The molecule has 106 valence electrons. The van der Waals surface area contributed by atoms with Gasteiger partial charge < -0.3 is 0 Å². The lowest BCUT2D eigenvalue weighted by atomic mass is 10.3. The molecular weight excluding hydrogens is 204 g/mol. The van der Waals surface area contributed by atoms with Gasteiger partial charge in [0.2, 0.25) is 0 Å². The molecule has 0 bridgehead atoms. The molecule has 0 atom stereocenters. The minimum atomic E-state index is 0.833. The third kappa shape index (κ3) is 149. The average Bonchev–Trinajstić information content (AvgIpc) is 2.36. The Kier molecular flexibility index (Phi) is 80.0. The molecule has 0 aromatic carbocycles. The minimum Gasteiger partial charge on any atom is -0.0991 e. The molecular formula is C17H38. The fourth-order valence-corrected chi connectivity index (χ4v) is 0.254. The van der Waals surface area contributed by atoms with Crippen LogP contribution in [-0.2, 0) is 0 Å². The highest BCUT2D eigenvalue weighted by Gasteiger charge is 1.69. The van der Waals surface area contributed by atoms with Crippen LogP contribution in [0.2, 0.25) is 0 Å². The lowest BCUT2D eigenvalue weighted by molar-refractivity contribution is 0.737. The summed E-state index contributed by atoms with van der Waals surface area (Å²) in [5.74, 6) is 0.833. The zero-order valence-electron chi connectivity index (χ0n) is 14.2. The van der Waals surface area contributed by atoms with E-state index in [2.05, 4.69) is 33.9 Å². The zero-order valence-corrected chi connectivity index (χ0v) is 14.2. The normalized spacial score (nSPS) is 7.59. The Balaban J connectivity index is -0.0000000412. The first-order valence-electron chi connectivity index (χ1n) is 6.96. The minimum absolute atomic E-state index is 0.833. The quantitative estimate of drug-likeness (QED) is 0.455. The number of allylic oxidation sites excluding steroid dienone is 4. The van der Waals surface area contributed by atoms with Crippen molar-refractivity contribution in [3.8, 4) is 0 Å². The first-order chi connectivity index (χ1) is 8.04. The summed E-state index contributed by atoms with van der Waals surface area (Å²) < 4.78 is 0. The standard InChI is InChI=1S/C7H10.C4H10.3C2H6/c1-4-6-7(3)5-2;1-4(2)3;3*1-2/h4-6H,1-2H2,3H3;4H,1-3H3;3*1-2H3/b7-6-;;;;. The fraction of sp³-hybridized carbons (Fsp3) is 0.647. The van der Waals surface area contributed by atoms with E-state index in [1.54, 1.807) is 12.2 Å². The van der Waals surface area contributed by atoms with Crippen LogP contribution in [0.4, 0.5) is 0 Å². The van der Waals surface area contributed by atoms with E-state index in [9.17, 15) is 0 Å². The molecule has 0 saturated heterocycles. The van der Waals surface area contributed by atoms with Crippen LogP contribution in [0.3, 0.4) is 0 Å². The monoisotopic (exact) mass is 242 g/mol. The summed E-state index contributed by atoms with van der Waals surface area (Å²) in [7, 11) is 0. The van der Waals surface area contributed by atoms with Gasteiger partial charge in [-0.3, -0.25) is 0 Å². The van der Waals surface area contributed by atoms with Crippen LogP contribution in [0.1, 0.15) is 69.2 Å². The van der Waals surface area contributed by atoms with Crippen molar-refractivity contribution < 1.29 is 0 Å². The topological polar surface area (TPSA) is 0 Å². The Morgan fingerprint density at radius 2 is 1.06 bits per heavy atom. The summed E-state index contributed by atoms with van der Waals surface area (Å²) in [6, 6.07) is 0. The van der Waals surface area contributed by atoms with Gasteiger partial charge in [0.25, 0.3) is 0 Å². The highest BCUT2D eigenvalue weighted by atomic mass is 13.8. The summed E-state index contributed by atoms with van der Waals surface area (Å²) in [4.78, 5) is 0. The third-order valence-electron chi connectivity index (χ3n) is 0.703. The number of hydrogen-bond acceptors (Lipinski definition) is 0. The first kappa shape index (κ1) is 29.8. The maximum Gasteiger partial charge on any atom is -0.0398 e. The number of rotatable bonds is 2. The fourth-order valence-electron chi connectivity index (χ4n) is 0.254. The van der Waals surface area contributed by atoms with E-state index in [1.807, 2.05) is 54.5 Å². The van der Waals surface area contributed by atoms with Crippen LogP contribution in [0.5, 0.6) is 0 Å². The SMILES string of the molecule is C=C/C=C(/C)C=C.CC.CC.CC.CC(C)C. The highest BCUT2D eigenvalue weighted by molar-refractivity contribution is 5.17. The summed E-state index contributed by atoms with van der Waals surface area (Å²) in [5, 5.41) is 0.